The van der Waals surface area contributed by atoms with Crippen LogP contribution in [0.15, 0.2) is 54.6 Å². The minimum absolute atomic E-state index is 0.160. The van der Waals surface area contributed by atoms with Gasteiger partial charge in [-0.2, -0.15) is 0 Å². The van der Waals surface area contributed by atoms with E-state index in [9.17, 15) is 9.59 Å². The molecule has 35 heavy (non-hydrogen) atoms. The number of hydrogen-bond acceptors (Lipinski definition) is 4. The predicted molar refractivity (Wildman–Crippen MR) is 139 cm³/mol. The first-order valence-electron chi connectivity index (χ1n) is 12.5. The first-order chi connectivity index (χ1) is 17.1. The summed E-state index contributed by atoms with van der Waals surface area (Å²) in [4.78, 5) is 28.4. The second-order valence-corrected chi connectivity index (χ2v) is 9.85. The van der Waals surface area contributed by atoms with E-state index in [-0.39, 0.29) is 5.91 Å². The number of carbonyl (C=O) groups excluding carboxylic acids is 2. The molecule has 2 fully saturated rings. The van der Waals surface area contributed by atoms with Crippen LogP contribution in [0.3, 0.4) is 0 Å². The fraction of sp³-hybridized carbons (Fsp3) is 0.481. The number of ether oxygens (including phenoxy) is 1. The van der Waals surface area contributed by atoms with Crippen LogP contribution in [-0.4, -0.2) is 61.8 Å². The van der Waals surface area contributed by atoms with E-state index in [1.807, 2.05) is 30.3 Å². The molecule has 3 N–H and O–H groups in total. The van der Waals surface area contributed by atoms with Crippen LogP contribution in [0.4, 0.5) is 10.5 Å². The van der Waals surface area contributed by atoms with E-state index in [1.165, 1.54) is 0 Å². The standard InChI is InChI=1S/C27H35ClN4O3/c28-22-6-8-23(9-7-22)30-27(34)31-25(18-20-4-2-1-3-5-20)26(33)29-19-21-10-14-32(15-11-21)24-12-16-35-17-13-24/h1-9,21,24-25H,10-19H2,(H,29,33)(H2,30,31,34)/t25-/m1/s1. The summed E-state index contributed by atoms with van der Waals surface area (Å²) in [6, 6.07) is 16.1. The van der Waals surface area contributed by atoms with Crippen molar-refractivity contribution in [3.8, 4) is 0 Å². The number of anilines is 1. The molecule has 188 valence electrons. The molecule has 0 aromatic heterocycles. The topological polar surface area (TPSA) is 82.7 Å². The molecule has 2 aliphatic rings. The van der Waals surface area contributed by atoms with Gasteiger partial charge in [0, 0.05) is 42.9 Å². The highest BCUT2D eigenvalue weighted by Crippen LogP contribution is 2.23. The Balaban J connectivity index is 1.29. The highest BCUT2D eigenvalue weighted by Gasteiger charge is 2.28. The van der Waals surface area contributed by atoms with Gasteiger partial charge in [-0.25, -0.2) is 4.79 Å². The summed E-state index contributed by atoms with van der Waals surface area (Å²) in [6.07, 6.45) is 4.80. The monoisotopic (exact) mass is 498 g/mol. The largest absolute Gasteiger partial charge is 0.381 e. The summed E-state index contributed by atoms with van der Waals surface area (Å²) in [7, 11) is 0. The molecule has 2 aliphatic heterocycles. The number of likely N-dealkylation sites (tertiary alicyclic amines) is 1. The van der Waals surface area contributed by atoms with E-state index in [0.717, 1.165) is 57.6 Å². The first kappa shape index (κ1) is 25.5. The number of benzene rings is 2. The summed E-state index contributed by atoms with van der Waals surface area (Å²) in [5.74, 6) is 0.294. The maximum Gasteiger partial charge on any atom is 0.319 e. The van der Waals surface area contributed by atoms with Gasteiger partial charge < -0.3 is 25.6 Å². The summed E-state index contributed by atoms with van der Waals surface area (Å²) in [5.41, 5.74) is 1.60. The Hall–Kier alpha value is -2.61. The van der Waals surface area contributed by atoms with Gasteiger partial charge in [0.15, 0.2) is 0 Å². The fourth-order valence-electron chi connectivity index (χ4n) is 4.86. The third-order valence-corrected chi connectivity index (χ3v) is 7.18. The quantitative estimate of drug-likeness (QED) is 0.512. The number of nitrogens with zero attached hydrogens (tertiary/aromatic N) is 1. The maximum absolute atomic E-state index is 13.1. The molecule has 0 spiro atoms. The van der Waals surface area contributed by atoms with Crippen LogP contribution in [0, 0.1) is 5.92 Å². The van der Waals surface area contributed by atoms with Crippen molar-refractivity contribution in [3.63, 3.8) is 0 Å². The molecule has 0 saturated carbocycles. The van der Waals surface area contributed by atoms with Crippen molar-refractivity contribution in [2.24, 2.45) is 5.92 Å². The molecule has 7 nitrogen and oxygen atoms in total. The smallest absolute Gasteiger partial charge is 0.319 e. The number of hydrogen-bond donors (Lipinski definition) is 3. The van der Waals surface area contributed by atoms with E-state index in [1.54, 1.807) is 24.3 Å². The number of urea groups is 1. The highest BCUT2D eigenvalue weighted by atomic mass is 35.5. The second kappa shape index (κ2) is 12.9. The van der Waals surface area contributed by atoms with Gasteiger partial charge in [-0.3, -0.25) is 4.79 Å². The van der Waals surface area contributed by atoms with Crippen molar-refractivity contribution >= 4 is 29.2 Å². The highest BCUT2D eigenvalue weighted by molar-refractivity contribution is 6.30. The molecular formula is C27H35ClN4O3. The molecular weight excluding hydrogens is 464 g/mol. The van der Waals surface area contributed by atoms with Crippen molar-refractivity contribution in [2.75, 3.05) is 38.2 Å². The van der Waals surface area contributed by atoms with Crippen molar-refractivity contribution in [3.05, 3.63) is 65.2 Å². The Bertz CT molecular complexity index is 943. The van der Waals surface area contributed by atoms with Gasteiger partial charge in [0.05, 0.1) is 0 Å². The Morgan fingerprint density at radius 1 is 0.971 bits per heavy atom. The Morgan fingerprint density at radius 3 is 2.34 bits per heavy atom. The number of halogens is 1. The van der Waals surface area contributed by atoms with Crippen LogP contribution >= 0.6 is 11.6 Å². The molecule has 8 heteroatoms. The van der Waals surface area contributed by atoms with Gasteiger partial charge in [-0.05, 0) is 74.5 Å². The minimum Gasteiger partial charge on any atom is -0.381 e. The fourth-order valence-corrected chi connectivity index (χ4v) is 4.98. The molecule has 0 aliphatic carbocycles. The van der Waals surface area contributed by atoms with E-state index in [0.29, 0.717) is 35.6 Å². The zero-order valence-electron chi connectivity index (χ0n) is 20.0. The molecule has 2 aromatic rings. The lowest BCUT2D eigenvalue weighted by molar-refractivity contribution is -0.123. The van der Waals surface area contributed by atoms with Crippen molar-refractivity contribution in [1.82, 2.24) is 15.5 Å². The molecule has 2 aromatic carbocycles. The average Bonchev–Trinajstić information content (AvgIpc) is 2.89. The summed E-state index contributed by atoms with van der Waals surface area (Å²) >= 11 is 5.92. The normalized spacial score (nSPS) is 18.5. The Kier molecular flexibility index (Phi) is 9.40. The van der Waals surface area contributed by atoms with Gasteiger partial charge in [0.2, 0.25) is 5.91 Å². The third-order valence-electron chi connectivity index (χ3n) is 6.93. The molecule has 3 amide bonds. The summed E-state index contributed by atoms with van der Waals surface area (Å²) in [5, 5.41) is 9.33. The third kappa shape index (κ3) is 7.95. The van der Waals surface area contributed by atoms with Gasteiger partial charge in [0.25, 0.3) is 0 Å². The SMILES string of the molecule is O=C(Nc1ccc(Cl)cc1)N[C@H](Cc1ccccc1)C(=O)NCC1CCN(C2CCOCC2)CC1. The lowest BCUT2D eigenvalue weighted by Gasteiger charge is -2.39. The lowest BCUT2D eigenvalue weighted by Crippen LogP contribution is -2.51. The molecule has 1 atom stereocenters. The van der Waals surface area contributed by atoms with Gasteiger partial charge in [-0.15, -0.1) is 0 Å². The van der Waals surface area contributed by atoms with Gasteiger partial charge in [-0.1, -0.05) is 41.9 Å². The number of amides is 3. The first-order valence-corrected chi connectivity index (χ1v) is 12.9. The van der Waals surface area contributed by atoms with E-state index >= 15 is 0 Å². The van der Waals surface area contributed by atoms with Crippen LogP contribution in [0.25, 0.3) is 0 Å². The summed E-state index contributed by atoms with van der Waals surface area (Å²) < 4.78 is 5.49. The Labute approximate surface area is 212 Å². The van der Waals surface area contributed by atoms with Crippen molar-refractivity contribution in [1.29, 1.82) is 0 Å². The molecule has 0 radical (unpaired) electrons. The van der Waals surface area contributed by atoms with Crippen molar-refractivity contribution < 1.29 is 14.3 Å². The minimum atomic E-state index is -0.674. The zero-order chi connectivity index (χ0) is 24.5. The molecule has 2 heterocycles. The summed E-state index contributed by atoms with van der Waals surface area (Å²) in [6.45, 7) is 4.50. The van der Waals surface area contributed by atoms with Crippen LogP contribution < -0.4 is 16.0 Å². The average molecular weight is 499 g/mol. The van der Waals surface area contributed by atoms with Crippen molar-refractivity contribution in [2.45, 2.75) is 44.2 Å². The zero-order valence-corrected chi connectivity index (χ0v) is 20.8. The van der Waals surface area contributed by atoms with Crippen LogP contribution in [0.2, 0.25) is 5.02 Å². The van der Waals surface area contributed by atoms with Crippen LogP contribution in [-0.2, 0) is 16.0 Å². The maximum atomic E-state index is 13.1. The van der Waals surface area contributed by atoms with Crippen LogP contribution in [0.1, 0.15) is 31.2 Å². The number of piperidine rings is 1. The number of nitrogens with one attached hydrogen (secondary N) is 3. The predicted octanol–water partition coefficient (Wildman–Crippen LogP) is 4.08. The number of rotatable bonds is 8. The number of carbonyl (C=O) groups is 2. The molecule has 0 bridgehead atoms. The molecule has 0 unspecified atom stereocenters. The van der Waals surface area contributed by atoms with E-state index in [4.69, 9.17) is 16.3 Å². The van der Waals surface area contributed by atoms with E-state index in [2.05, 4.69) is 20.9 Å². The van der Waals surface area contributed by atoms with E-state index < -0.39 is 12.1 Å². The van der Waals surface area contributed by atoms with Gasteiger partial charge in [0.1, 0.15) is 6.04 Å². The molecule has 2 saturated heterocycles. The molecule has 4 rings (SSSR count). The second-order valence-electron chi connectivity index (χ2n) is 9.42. The lowest BCUT2D eigenvalue weighted by atomic mass is 9.94. The van der Waals surface area contributed by atoms with Gasteiger partial charge >= 0.3 is 6.03 Å². The Morgan fingerprint density at radius 2 is 1.66 bits per heavy atom. The van der Waals surface area contributed by atoms with Crippen LogP contribution in [0.5, 0.6) is 0 Å².